The van der Waals surface area contributed by atoms with Crippen molar-refractivity contribution in [2.75, 3.05) is 18.0 Å². The number of amides is 1. The lowest BCUT2D eigenvalue weighted by Gasteiger charge is -2.24. The Balaban J connectivity index is 1.81. The summed E-state index contributed by atoms with van der Waals surface area (Å²) in [5.74, 6) is 0.315. The van der Waals surface area contributed by atoms with Gasteiger partial charge in [-0.05, 0) is 61.0 Å². The first-order valence-corrected chi connectivity index (χ1v) is 11.8. The maximum absolute atomic E-state index is 13.3. The van der Waals surface area contributed by atoms with Gasteiger partial charge in [-0.3, -0.25) is 9.10 Å². The second kappa shape index (κ2) is 9.98. The molecule has 0 saturated heterocycles. The van der Waals surface area contributed by atoms with Crippen molar-refractivity contribution in [3.05, 3.63) is 88.4 Å². The average molecular weight is 503 g/mol. The molecule has 8 heteroatoms. The Labute approximate surface area is 191 Å². The van der Waals surface area contributed by atoms with Crippen LogP contribution in [0.5, 0.6) is 5.75 Å². The number of carbonyl (C=O) groups is 1. The molecule has 0 spiro atoms. The van der Waals surface area contributed by atoms with Crippen molar-refractivity contribution in [1.29, 1.82) is 0 Å². The number of rotatable bonds is 8. The standard InChI is InChI=1S/C23H23BrN2O4S/c1-17-3-13-22(14-4-17)31(28,29)26(20-9-7-19(24)8-10-20)16-23(27)25-15-18-5-11-21(30-2)12-6-18/h3-14H,15-16H2,1-2H3,(H,25,27). The summed E-state index contributed by atoms with van der Waals surface area (Å²) in [5.41, 5.74) is 2.24. The lowest BCUT2D eigenvalue weighted by atomic mass is 10.2. The number of aryl methyl sites for hydroxylation is 1. The molecule has 0 atom stereocenters. The van der Waals surface area contributed by atoms with E-state index in [4.69, 9.17) is 4.74 Å². The summed E-state index contributed by atoms with van der Waals surface area (Å²) < 4.78 is 33.7. The van der Waals surface area contributed by atoms with Crippen LogP contribution in [0.4, 0.5) is 5.69 Å². The summed E-state index contributed by atoms with van der Waals surface area (Å²) in [6.07, 6.45) is 0. The maximum Gasteiger partial charge on any atom is 0.264 e. The van der Waals surface area contributed by atoms with Crippen LogP contribution in [0.3, 0.4) is 0 Å². The van der Waals surface area contributed by atoms with Gasteiger partial charge < -0.3 is 10.1 Å². The second-order valence-corrected chi connectivity index (χ2v) is 9.70. The fraction of sp³-hybridized carbons (Fsp3) is 0.174. The molecular weight excluding hydrogens is 480 g/mol. The largest absolute Gasteiger partial charge is 0.497 e. The minimum Gasteiger partial charge on any atom is -0.497 e. The number of ether oxygens (including phenoxy) is 1. The number of nitrogens with zero attached hydrogens (tertiary/aromatic N) is 1. The highest BCUT2D eigenvalue weighted by molar-refractivity contribution is 9.10. The van der Waals surface area contributed by atoms with E-state index in [-0.39, 0.29) is 18.0 Å². The van der Waals surface area contributed by atoms with Crippen molar-refractivity contribution in [3.8, 4) is 5.75 Å². The number of nitrogens with one attached hydrogen (secondary N) is 1. The molecule has 0 aliphatic rings. The van der Waals surface area contributed by atoms with Crippen molar-refractivity contribution in [2.45, 2.75) is 18.4 Å². The third-order valence-electron chi connectivity index (χ3n) is 4.66. The Bertz CT molecular complexity index is 1130. The fourth-order valence-electron chi connectivity index (χ4n) is 2.89. The molecular formula is C23H23BrN2O4S. The van der Waals surface area contributed by atoms with Crippen molar-refractivity contribution < 1.29 is 17.9 Å². The minimum absolute atomic E-state index is 0.129. The van der Waals surface area contributed by atoms with Crippen molar-refractivity contribution in [3.63, 3.8) is 0 Å². The molecule has 0 aliphatic heterocycles. The van der Waals surface area contributed by atoms with Gasteiger partial charge in [-0.25, -0.2) is 8.42 Å². The number of hydrogen-bond acceptors (Lipinski definition) is 4. The Morgan fingerprint density at radius 2 is 1.58 bits per heavy atom. The molecule has 0 bridgehead atoms. The number of carbonyl (C=O) groups excluding carboxylic acids is 1. The third kappa shape index (κ3) is 5.86. The Morgan fingerprint density at radius 1 is 0.968 bits per heavy atom. The van der Waals surface area contributed by atoms with Gasteiger partial charge in [0.1, 0.15) is 12.3 Å². The molecule has 31 heavy (non-hydrogen) atoms. The zero-order valence-electron chi connectivity index (χ0n) is 17.2. The van der Waals surface area contributed by atoms with Crippen LogP contribution in [-0.4, -0.2) is 28.0 Å². The van der Waals surface area contributed by atoms with Crippen LogP contribution in [0.25, 0.3) is 0 Å². The Hall–Kier alpha value is -2.84. The van der Waals surface area contributed by atoms with Crippen LogP contribution in [0.1, 0.15) is 11.1 Å². The highest BCUT2D eigenvalue weighted by Gasteiger charge is 2.27. The molecule has 1 N–H and O–H groups in total. The van der Waals surface area contributed by atoms with Gasteiger partial charge in [0.15, 0.2) is 0 Å². The normalized spacial score (nSPS) is 11.1. The van der Waals surface area contributed by atoms with Crippen molar-refractivity contribution >= 4 is 37.5 Å². The van der Waals surface area contributed by atoms with Crippen LogP contribution in [-0.2, 0) is 21.4 Å². The highest BCUT2D eigenvalue weighted by Crippen LogP contribution is 2.25. The third-order valence-corrected chi connectivity index (χ3v) is 6.98. The predicted molar refractivity (Wildman–Crippen MR) is 125 cm³/mol. The number of hydrogen-bond donors (Lipinski definition) is 1. The number of sulfonamides is 1. The second-order valence-electron chi connectivity index (χ2n) is 6.93. The van der Waals surface area contributed by atoms with E-state index in [1.807, 2.05) is 19.1 Å². The zero-order valence-corrected chi connectivity index (χ0v) is 19.6. The van der Waals surface area contributed by atoms with Gasteiger partial charge in [0.05, 0.1) is 17.7 Å². The van der Waals surface area contributed by atoms with Crippen LogP contribution < -0.4 is 14.4 Å². The quantitative estimate of drug-likeness (QED) is 0.498. The van der Waals surface area contributed by atoms with Gasteiger partial charge in [0, 0.05) is 11.0 Å². The lowest BCUT2D eigenvalue weighted by molar-refractivity contribution is -0.119. The maximum atomic E-state index is 13.3. The smallest absolute Gasteiger partial charge is 0.264 e. The molecule has 1 amide bonds. The summed E-state index contributed by atoms with van der Waals surface area (Å²) >= 11 is 3.35. The number of benzene rings is 3. The predicted octanol–water partition coefficient (Wildman–Crippen LogP) is 4.28. The molecule has 0 aromatic heterocycles. The average Bonchev–Trinajstić information content (AvgIpc) is 2.77. The topological polar surface area (TPSA) is 75.7 Å². The van der Waals surface area contributed by atoms with E-state index in [2.05, 4.69) is 21.2 Å². The van der Waals surface area contributed by atoms with Gasteiger partial charge in [-0.2, -0.15) is 0 Å². The van der Waals surface area contributed by atoms with Crippen molar-refractivity contribution in [2.24, 2.45) is 0 Å². The van der Waals surface area contributed by atoms with E-state index < -0.39 is 15.9 Å². The first-order valence-electron chi connectivity index (χ1n) is 9.54. The van der Waals surface area contributed by atoms with Crippen LogP contribution >= 0.6 is 15.9 Å². The minimum atomic E-state index is -3.93. The summed E-state index contributed by atoms with van der Waals surface area (Å²) in [6, 6.07) is 20.6. The van der Waals surface area contributed by atoms with Crippen molar-refractivity contribution in [1.82, 2.24) is 5.32 Å². The lowest BCUT2D eigenvalue weighted by Crippen LogP contribution is -2.40. The molecule has 162 valence electrons. The van der Waals surface area contributed by atoms with Crippen LogP contribution in [0.15, 0.2) is 82.2 Å². The SMILES string of the molecule is COc1ccc(CNC(=O)CN(c2ccc(Br)cc2)S(=O)(=O)c2ccc(C)cc2)cc1. The molecule has 6 nitrogen and oxygen atoms in total. The number of halogens is 1. The van der Waals surface area contributed by atoms with E-state index in [1.165, 1.54) is 0 Å². The van der Waals surface area contributed by atoms with Crippen LogP contribution in [0.2, 0.25) is 0 Å². The first-order chi connectivity index (χ1) is 14.8. The molecule has 3 aromatic carbocycles. The molecule has 3 rings (SSSR count). The van der Waals surface area contributed by atoms with E-state index in [1.54, 1.807) is 67.8 Å². The highest BCUT2D eigenvalue weighted by atomic mass is 79.9. The van der Waals surface area contributed by atoms with Gasteiger partial charge in [-0.1, -0.05) is 45.8 Å². The molecule has 0 aliphatic carbocycles. The van der Waals surface area contributed by atoms with E-state index in [0.29, 0.717) is 5.69 Å². The molecule has 3 aromatic rings. The summed E-state index contributed by atoms with van der Waals surface area (Å²) in [5, 5.41) is 2.79. The van der Waals surface area contributed by atoms with E-state index in [0.717, 1.165) is 25.7 Å². The molecule has 0 unspecified atom stereocenters. The van der Waals surface area contributed by atoms with Gasteiger partial charge in [0.2, 0.25) is 5.91 Å². The molecule has 0 radical (unpaired) electrons. The molecule has 0 heterocycles. The summed E-state index contributed by atoms with van der Waals surface area (Å²) in [7, 11) is -2.34. The van der Waals surface area contributed by atoms with Crippen LogP contribution in [0, 0.1) is 6.92 Å². The Kier molecular flexibility index (Phi) is 7.35. The monoisotopic (exact) mass is 502 g/mol. The van der Waals surface area contributed by atoms with Gasteiger partial charge in [0.25, 0.3) is 10.0 Å². The Morgan fingerprint density at radius 3 is 2.16 bits per heavy atom. The fourth-order valence-corrected chi connectivity index (χ4v) is 4.58. The van der Waals surface area contributed by atoms with E-state index >= 15 is 0 Å². The summed E-state index contributed by atoms with van der Waals surface area (Å²) in [4.78, 5) is 12.8. The number of methoxy groups -OCH3 is 1. The van der Waals surface area contributed by atoms with E-state index in [9.17, 15) is 13.2 Å². The first kappa shape index (κ1) is 22.8. The zero-order chi connectivity index (χ0) is 22.4. The van der Waals surface area contributed by atoms with Gasteiger partial charge >= 0.3 is 0 Å². The summed E-state index contributed by atoms with van der Waals surface area (Å²) in [6.45, 7) is 1.82. The molecule has 0 fully saturated rings. The van der Waals surface area contributed by atoms with Gasteiger partial charge in [-0.15, -0.1) is 0 Å². The molecule has 0 saturated carbocycles. The number of anilines is 1.